The molecule has 0 saturated carbocycles. The molecule has 1 aromatic heterocycles. The second-order valence-corrected chi connectivity index (χ2v) is 3.56. The van der Waals surface area contributed by atoms with E-state index in [0.29, 0.717) is 0 Å². The molecule has 15 heavy (non-hydrogen) atoms. The maximum atomic E-state index is 12.0. The Morgan fingerprint density at radius 3 is 2.60 bits per heavy atom. The van der Waals surface area contributed by atoms with Crippen molar-refractivity contribution in [3.05, 3.63) is 15.5 Å². The first-order chi connectivity index (χ1) is 6.85. The van der Waals surface area contributed by atoms with Gasteiger partial charge in [0.25, 0.3) is 0 Å². The van der Waals surface area contributed by atoms with Gasteiger partial charge in [0.1, 0.15) is 3.57 Å². The summed E-state index contributed by atoms with van der Waals surface area (Å²) in [6, 6.07) is 0. The Morgan fingerprint density at radius 1 is 1.53 bits per heavy atom. The van der Waals surface area contributed by atoms with E-state index in [9.17, 15) is 13.2 Å². The van der Waals surface area contributed by atoms with Crippen LogP contribution in [0, 0.1) is 3.57 Å². The van der Waals surface area contributed by atoms with Gasteiger partial charge < -0.3 is 15.6 Å². The van der Waals surface area contributed by atoms with Crippen molar-refractivity contribution in [3.8, 4) is 11.5 Å². The molecule has 0 saturated heterocycles. The van der Waals surface area contributed by atoms with Gasteiger partial charge in [-0.1, -0.05) is 0 Å². The van der Waals surface area contributed by atoms with Gasteiger partial charge in [0.15, 0.2) is 11.5 Å². The summed E-state index contributed by atoms with van der Waals surface area (Å²) in [5, 5.41) is 9.16. The van der Waals surface area contributed by atoms with Crippen molar-refractivity contribution in [3.63, 3.8) is 0 Å². The molecule has 0 amide bonds. The number of alkyl halides is 3. The molecule has 0 spiro atoms. The van der Waals surface area contributed by atoms with E-state index in [2.05, 4.69) is 9.72 Å². The Morgan fingerprint density at radius 2 is 2.13 bits per heavy atom. The summed E-state index contributed by atoms with van der Waals surface area (Å²) in [6.45, 7) is -0.207. The van der Waals surface area contributed by atoms with E-state index >= 15 is 0 Å². The third kappa shape index (κ3) is 3.09. The molecule has 0 unspecified atom stereocenters. The van der Waals surface area contributed by atoms with Gasteiger partial charge >= 0.3 is 6.36 Å². The van der Waals surface area contributed by atoms with Crippen molar-refractivity contribution in [2.24, 2.45) is 5.73 Å². The van der Waals surface area contributed by atoms with Gasteiger partial charge in [0.05, 0.1) is 11.9 Å². The highest BCUT2D eigenvalue weighted by Gasteiger charge is 2.33. The summed E-state index contributed by atoms with van der Waals surface area (Å²) in [7, 11) is 0. The lowest BCUT2D eigenvalue weighted by molar-refractivity contribution is -0.275. The monoisotopic (exact) mass is 334 g/mol. The molecular weight excluding hydrogens is 328 g/mol. The molecule has 1 heterocycles. The third-order valence-electron chi connectivity index (χ3n) is 1.44. The SMILES string of the molecule is NCc1ncc(O)c(I)c1OC(F)(F)F. The number of rotatable bonds is 2. The molecule has 0 bridgehead atoms. The number of pyridine rings is 1. The van der Waals surface area contributed by atoms with Crippen LogP contribution in [0.25, 0.3) is 0 Å². The normalized spacial score (nSPS) is 11.5. The summed E-state index contributed by atoms with van der Waals surface area (Å²) < 4.78 is 39.6. The second kappa shape index (κ2) is 4.39. The zero-order valence-corrected chi connectivity index (χ0v) is 9.33. The van der Waals surface area contributed by atoms with Gasteiger partial charge in [-0.15, -0.1) is 13.2 Å². The molecule has 0 atom stereocenters. The predicted octanol–water partition coefficient (Wildman–Crippen LogP) is 1.75. The number of ether oxygens (including phenoxy) is 1. The lowest BCUT2D eigenvalue weighted by atomic mass is 10.3. The Balaban J connectivity index is 3.18. The van der Waals surface area contributed by atoms with Gasteiger partial charge in [-0.3, -0.25) is 4.98 Å². The van der Waals surface area contributed by atoms with Crippen molar-refractivity contribution in [1.82, 2.24) is 4.98 Å². The van der Waals surface area contributed by atoms with E-state index in [1.165, 1.54) is 22.6 Å². The number of aromatic nitrogens is 1. The molecule has 84 valence electrons. The van der Waals surface area contributed by atoms with Gasteiger partial charge in [-0.25, -0.2) is 0 Å². The van der Waals surface area contributed by atoms with E-state index < -0.39 is 12.1 Å². The van der Waals surface area contributed by atoms with Crippen molar-refractivity contribution in [1.29, 1.82) is 0 Å². The molecule has 0 aliphatic carbocycles. The molecule has 0 fully saturated rings. The van der Waals surface area contributed by atoms with E-state index in [1.54, 1.807) is 0 Å². The molecule has 0 aliphatic heterocycles. The van der Waals surface area contributed by atoms with Crippen molar-refractivity contribution in [2.45, 2.75) is 12.9 Å². The lowest BCUT2D eigenvalue weighted by Gasteiger charge is -2.13. The quantitative estimate of drug-likeness (QED) is 0.809. The van der Waals surface area contributed by atoms with Crippen LogP contribution in [0.15, 0.2) is 6.20 Å². The molecule has 8 heteroatoms. The third-order valence-corrected chi connectivity index (χ3v) is 2.48. The minimum atomic E-state index is -4.83. The molecule has 1 aromatic rings. The maximum Gasteiger partial charge on any atom is 0.573 e. The summed E-state index contributed by atoms with van der Waals surface area (Å²) in [5.41, 5.74) is 5.13. The zero-order valence-electron chi connectivity index (χ0n) is 7.18. The first-order valence-corrected chi connectivity index (χ1v) is 4.75. The molecule has 0 aromatic carbocycles. The van der Waals surface area contributed by atoms with Gasteiger partial charge in [0.2, 0.25) is 0 Å². The van der Waals surface area contributed by atoms with Gasteiger partial charge in [-0.05, 0) is 22.6 Å². The highest BCUT2D eigenvalue weighted by molar-refractivity contribution is 14.1. The highest BCUT2D eigenvalue weighted by Crippen LogP contribution is 2.34. The standard InChI is InChI=1S/C7H6F3IN2O2/c8-7(9,10)15-6-3(1-12)13-2-4(14)5(6)11/h2,14H,1,12H2. The number of halogens is 4. The smallest absolute Gasteiger partial charge is 0.505 e. The number of hydrogen-bond acceptors (Lipinski definition) is 4. The van der Waals surface area contributed by atoms with E-state index in [1.807, 2.05) is 0 Å². The number of nitrogens with two attached hydrogens (primary N) is 1. The van der Waals surface area contributed by atoms with Gasteiger partial charge in [-0.2, -0.15) is 0 Å². The van der Waals surface area contributed by atoms with Crippen molar-refractivity contribution in [2.75, 3.05) is 0 Å². The second-order valence-electron chi connectivity index (χ2n) is 2.49. The van der Waals surface area contributed by atoms with Crippen LogP contribution in [0.1, 0.15) is 5.69 Å². The molecule has 1 rings (SSSR count). The summed E-state index contributed by atoms with van der Waals surface area (Å²) in [5.74, 6) is -0.933. The molecule has 4 nitrogen and oxygen atoms in total. The molecular formula is C7H6F3IN2O2. The number of nitrogens with zero attached hydrogens (tertiary/aromatic N) is 1. The molecule has 0 radical (unpaired) electrons. The van der Waals surface area contributed by atoms with E-state index in [-0.39, 0.29) is 21.6 Å². The van der Waals surface area contributed by atoms with Crippen LogP contribution in [-0.2, 0) is 6.54 Å². The average molecular weight is 334 g/mol. The van der Waals surface area contributed by atoms with Crippen molar-refractivity contribution >= 4 is 22.6 Å². The largest absolute Gasteiger partial charge is 0.573 e. The van der Waals surface area contributed by atoms with Crippen LogP contribution in [0.3, 0.4) is 0 Å². The number of aromatic hydroxyl groups is 1. The van der Waals surface area contributed by atoms with Crippen LogP contribution in [-0.4, -0.2) is 16.5 Å². The fourth-order valence-corrected chi connectivity index (χ4v) is 1.42. The summed E-state index contributed by atoms with van der Waals surface area (Å²) in [6.07, 6.45) is -3.81. The topological polar surface area (TPSA) is 68.4 Å². The summed E-state index contributed by atoms with van der Waals surface area (Å²) >= 11 is 1.52. The van der Waals surface area contributed by atoms with Gasteiger partial charge in [0, 0.05) is 6.54 Å². The highest BCUT2D eigenvalue weighted by atomic mass is 127. The maximum absolute atomic E-state index is 12.0. The molecule has 0 aliphatic rings. The summed E-state index contributed by atoms with van der Waals surface area (Å²) in [4.78, 5) is 3.54. The van der Waals surface area contributed by atoms with Crippen LogP contribution >= 0.6 is 22.6 Å². The Hall–Kier alpha value is -0.770. The van der Waals surface area contributed by atoms with Crippen molar-refractivity contribution < 1.29 is 23.0 Å². The lowest BCUT2D eigenvalue weighted by Crippen LogP contribution is -2.20. The minimum absolute atomic E-state index is 0.0606. The predicted molar refractivity (Wildman–Crippen MR) is 53.2 cm³/mol. The average Bonchev–Trinajstić information content (AvgIpc) is 2.11. The first kappa shape index (κ1) is 12.3. The fraction of sp³-hybridized carbons (Fsp3) is 0.286. The molecule has 3 N–H and O–H groups in total. The minimum Gasteiger partial charge on any atom is -0.505 e. The Kier molecular flexibility index (Phi) is 3.60. The Labute approximate surface area is 96.4 Å². The van der Waals surface area contributed by atoms with Crippen LogP contribution in [0.5, 0.6) is 11.5 Å². The Bertz CT molecular complexity index is 370. The van der Waals surface area contributed by atoms with E-state index in [0.717, 1.165) is 6.20 Å². The van der Waals surface area contributed by atoms with Crippen LogP contribution in [0.2, 0.25) is 0 Å². The first-order valence-electron chi connectivity index (χ1n) is 3.67. The van der Waals surface area contributed by atoms with Crippen LogP contribution in [0.4, 0.5) is 13.2 Å². The number of hydrogen-bond donors (Lipinski definition) is 2. The fourth-order valence-electron chi connectivity index (χ4n) is 0.862. The van der Waals surface area contributed by atoms with E-state index in [4.69, 9.17) is 10.8 Å². The van der Waals surface area contributed by atoms with Crippen LogP contribution < -0.4 is 10.5 Å². The zero-order chi connectivity index (χ0) is 11.6.